The molecule has 3 nitrogen and oxygen atoms in total. The standard InChI is InChI=1S/C12H15F3N2O/c1-2-17-10(7-11(16-17)12(13,14)15)8-3-5-9(18)6-4-8/h7-8H,2-6H2,1H3. The number of halogens is 3. The summed E-state index contributed by atoms with van der Waals surface area (Å²) in [7, 11) is 0. The molecule has 0 saturated heterocycles. The second-order valence-corrected chi connectivity index (χ2v) is 4.58. The molecule has 0 aliphatic heterocycles. The highest BCUT2D eigenvalue weighted by atomic mass is 19.4. The van der Waals surface area contributed by atoms with Gasteiger partial charge in [-0.3, -0.25) is 9.48 Å². The predicted octanol–water partition coefficient (Wildman–Crippen LogP) is 3.15. The number of aromatic nitrogens is 2. The van der Waals surface area contributed by atoms with Gasteiger partial charge in [0.15, 0.2) is 5.69 Å². The molecule has 0 atom stereocenters. The topological polar surface area (TPSA) is 34.9 Å². The van der Waals surface area contributed by atoms with E-state index >= 15 is 0 Å². The van der Waals surface area contributed by atoms with E-state index in [2.05, 4.69) is 5.10 Å². The minimum atomic E-state index is -4.40. The Morgan fingerprint density at radius 2 is 2.00 bits per heavy atom. The van der Waals surface area contributed by atoms with Gasteiger partial charge in [0.2, 0.25) is 0 Å². The Balaban J connectivity index is 2.26. The molecule has 1 fully saturated rings. The molecule has 1 aromatic rings. The largest absolute Gasteiger partial charge is 0.435 e. The van der Waals surface area contributed by atoms with E-state index < -0.39 is 11.9 Å². The number of Topliss-reactive ketones (excluding diaryl/α,β-unsaturated/α-hetero) is 1. The number of ketones is 1. The van der Waals surface area contributed by atoms with Crippen LogP contribution >= 0.6 is 0 Å². The first-order valence-electron chi connectivity index (χ1n) is 6.08. The monoisotopic (exact) mass is 260 g/mol. The van der Waals surface area contributed by atoms with Crippen LogP contribution in [0, 0.1) is 0 Å². The van der Waals surface area contributed by atoms with Crippen LogP contribution in [0.3, 0.4) is 0 Å². The lowest BCUT2D eigenvalue weighted by molar-refractivity contribution is -0.141. The van der Waals surface area contributed by atoms with Gasteiger partial charge in [0.1, 0.15) is 5.78 Å². The van der Waals surface area contributed by atoms with Crippen LogP contribution in [-0.4, -0.2) is 15.6 Å². The van der Waals surface area contributed by atoms with Crippen molar-refractivity contribution in [2.45, 2.75) is 51.2 Å². The Bertz CT molecular complexity index is 441. The summed E-state index contributed by atoms with van der Waals surface area (Å²) in [4.78, 5) is 11.2. The Hall–Kier alpha value is -1.33. The van der Waals surface area contributed by atoms with Gasteiger partial charge in [-0.1, -0.05) is 0 Å². The Kier molecular flexibility index (Phi) is 3.45. The van der Waals surface area contributed by atoms with Crippen molar-refractivity contribution in [3.63, 3.8) is 0 Å². The number of rotatable bonds is 2. The third-order valence-corrected chi connectivity index (χ3v) is 3.36. The van der Waals surface area contributed by atoms with Crippen molar-refractivity contribution in [2.24, 2.45) is 0 Å². The maximum atomic E-state index is 12.6. The number of carbonyl (C=O) groups excluding carboxylic acids is 1. The molecule has 0 aromatic carbocycles. The Labute approximate surface area is 103 Å². The van der Waals surface area contributed by atoms with Crippen LogP contribution in [0.4, 0.5) is 13.2 Å². The molecular weight excluding hydrogens is 245 g/mol. The van der Waals surface area contributed by atoms with Crippen LogP contribution in [0.25, 0.3) is 0 Å². The van der Waals surface area contributed by atoms with Gasteiger partial charge >= 0.3 is 6.18 Å². The van der Waals surface area contributed by atoms with Gasteiger partial charge in [0.25, 0.3) is 0 Å². The van der Waals surface area contributed by atoms with Gasteiger partial charge in [-0.05, 0) is 25.8 Å². The second-order valence-electron chi connectivity index (χ2n) is 4.58. The van der Waals surface area contributed by atoms with E-state index in [1.807, 2.05) is 0 Å². The summed E-state index contributed by atoms with van der Waals surface area (Å²) in [5.74, 6) is 0.219. The number of hydrogen-bond donors (Lipinski definition) is 0. The van der Waals surface area contributed by atoms with Crippen molar-refractivity contribution in [2.75, 3.05) is 0 Å². The van der Waals surface area contributed by atoms with E-state index in [4.69, 9.17) is 0 Å². The number of carbonyl (C=O) groups is 1. The van der Waals surface area contributed by atoms with Crippen LogP contribution in [0.2, 0.25) is 0 Å². The normalized spacial score (nSPS) is 18.3. The summed E-state index contributed by atoms with van der Waals surface area (Å²) in [5, 5.41) is 3.60. The van der Waals surface area contributed by atoms with Gasteiger partial charge in [-0.25, -0.2) is 0 Å². The van der Waals surface area contributed by atoms with Gasteiger partial charge < -0.3 is 0 Å². The average molecular weight is 260 g/mol. The van der Waals surface area contributed by atoms with E-state index in [0.29, 0.717) is 37.9 Å². The van der Waals surface area contributed by atoms with Crippen molar-refractivity contribution in [3.05, 3.63) is 17.5 Å². The Morgan fingerprint density at radius 1 is 1.39 bits per heavy atom. The molecule has 1 heterocycles. The minimum absolute atomic E-state index is 0.0197. The molecule has 0 bridgehead atoms. The summed E-state index contributed by atoms with van der Waals surface area (Å²) in [5.41, 5.74) is -0.228. The van der Waals surface area contributed by atoms with E-state index in [1.165, 1.54) is 4.68 Å². The molecule has 1 saturated carbocycles. The molecule has 2 rings (SSSR count). The summed E-state index contributed by atoms with van der Waals surface area (Å²) < 4.78 is 39.3. The molecular formula is C12H15F3N2O. The molecule has 18 heavy (non-hydrogen) atoms. The first-order chi connectivity index (χ1) is 8.41. The van der Waals surface area contributed by atoms with Gasteiger partial charge in [0.05, 0.1) is 0 Å². The lowest BCUT2D eigenvalue weighted by Gasteiger charge is -2.21. The first kappa shape index (κ1) is 13.1. The van der Waals surface area contributed by atoms with Crippen molar-refractivity contribution < 1.29 is 18.0 Å². The van der Waals surface area contributed by atoms with Crippen molar-refractivity contribution in [3.8, 4) is 0 Å². The van der Waals surface area contributed by atoms with E-state index in [-0.39, 0.29) is 11.7 Å². The molecule has 100 valence electrons. The summed E-state index contributed by atoms with van der Waals surface area (Å²) in [6.07, 6.45) is -2.23. The maximum absolute atomic E-state index is 12.6. The maximum Gasteiger partial charge on any atom is 0.435 e. The highest BCUT2D eigenvalue weighted by Gasteiger charge is 2.36. The zero-order valence-electron chi connectivity index (χ0n) is 10.1. The molecule has 1 aliphatic carbocycles. The molecule has 0 amide bonds. The number of aryl methyl sites for hydroxylation is 1. The van der Waals surface area contributed by atoms with Crippen LogP contribution < -0.4 is 0 Å². The zero-order chi connectivity index (χ0) is 13.3. The third-order valence-electron chi connectivity index (χ3n) is 3.36. The van der Waals surface area contributed by atoms with E-state index in [9.17, 15) is 18.0 Å². The van der Waals surface area contributed by atoms with Gasteiger partial charge in [-0.15, -0.1) is 0 Å². The minimum Gasteiger partial charge on any atom is -0.300 e. The van der Waals surface area contributed by atoms with Crippen LogP contribution in [0.15, 0.2) is 6.07 Å². The molecule has 0 spiro atoms. The van der Waals surface area contributed by atoms with Crippen molar-refractivity contribution >= 4 is 5.78 Å². The highest BCUT2D eigenvalue weighted by Crippen LogP contribution is 2.35. The van der Waals surface area contributed by atoms with E-state index in [1.54, 1.807) is 6.92 Å². The molecule has 6 heteroatoms. The lowest BCUT2D eigenvalue weighted by atomic mass is 9.86. The van der Waals surface area contributed by atoms with Crippen LogP contribution in [0.5, 0.6) is 0 Å². The molecule has 0 radical (unpaired) electrons. The Morgan fingerprint density at radius 3 is 2.50 bits per heavy atom. The van der Waals surface area contributed by atoms with Gasteiger partial charge in [0, 0.05) is 31.0 Å². The molecule has 1 aromatic heterocycles. The quantitative estimate of drug-likeness (QED) is 0.818. The fraction of sp³-hybridized carbons (Fsp3) is 0.667. The SMILES string of the molecule is CCn1nc(C(F)(F)F)cc1C1CCC(=O)CC1. The smallest absolute Gasteiger partial charge is 0.300 e. The number of hydrogen-bond acceptors (Lipinski definition) is 2. The van der Waals surface area contributed by atoms with Crippen LogP contribution in [-0.2, 0) is 17.5 Å². The summed E-state index contributed by atoms with van der Waals surface area (Å²) in [6, 6.07) is 1.13. The van der Waals surface area contributed by atoms with Gasteiger partial charge in [-0.2, -0.15) is 18.3 Å². The molecule has 0 N–H and O–H groups in total. The summed E-state index contributed by atoms with van der Waals surface area (Å²) >= 11 is 0. The predicted molar refractivity (Wildman–Crippen MR) is 59.1 cm³/mol. The number of nitrogens with zero attached hydrogens (tertiary/aromatic N) is 2. The zero-order valence-corrected chi connectivity index (χ0v) is 10.1. The van der Waals surface area contributed by atoms with Crippen molar-refractivity contribution in [1.82, 2.24) is 9.78 Å². The van der Waals surface area contributed by atoms with Crippen LogP contribution in [0.1, 0.15) is 49.9 Å². The first-order valence-corrected chi connectivity index (χ1v) is 6.08. The fourth-order valence-corrected chi connectivity index (χ4v) is 2.39. The fourth-order valence-electron chi connectivity index (χ4n) is 2.39. The lowest BCUT2D eigenvalue weighted by Crippen LogP contribution is -2.15. The number of alkyl halides is 3. The third kappa shape index (κ3) is 2.57. The average Bonchev–Trinajstić information content (AvgIpc) is 2.73. The highest BCUT2D eigenvalue weighted by molar-refractivity contribution is 5.79. The van der Waals surface area contributed by atoms with E-state index in [0.717, 1.165) is 6.07 Å². The summed E-state index contributed by atoms with van der Waals surface area (Å²) in [6.45, 7) is 2.18. The second kappa shape index (κ2) is 4.74. The molecule has 1 aliphatic rings. The molecule has 0 unspecified atom stereocenters. The van der Waals surface area contributed by atoms with Crippen molar-refractivity contribution in [1.29, 1.82) is 0 Å².